The number of halogens is 1. The molecule has 4 nitrogen and oxygen atoms in total. The second-order valence-corrected chi connectivity index (χ2v) is 6.61. The number of piperidine rings is 1. The lowest BCUT2D eigenvalue weighted by atomic mass is 9.97. The molecule has 110 valence electrons. The fraction of sp³-hybridized carbons (Fsp3) is 0.733. The first-order valence-corrected chi connectivity index (χ1v) is 7.97. The van der Waals surface area contributed by atoms with Crippen LogP contribution in [0.3, 0.4) is 0 Å². The van der Waals surface area contributed by atoms with Crippen LogP contribution >= 0.6 is 11.6 Å². The van der Waals surface area contributed by atoms with Gasteiger partial charge in [-0.1, -0.05) is 11.6 Å². The van der Waals surface area contributed by atoms with Crippen molar-refractivity contribution in [3.8, 4) is 0 Å². The van der Waals surface area contributed by atoms with E-state index in [9.17, 15) is 0 Å². The van der Waals surface area contributed by atoms with Crippen LogP contribution < -0.4 is 5.32 Å². The molecule has 0 unspecified atom stereocenters. The van der Waals surface area contributed by atoms with E-state index in [0.29, 0.717) is 11.1 Å². The number of aromatic nitrogens is 2. The molecule has 0 amide bonds. The predicted octanol–water partition coefficient (Wildman–Crippen LogP) is 3.07. The minimum Gasteiger partial charge on any atom is -0.369 e. The zero-order chi connectivity index (χ0) is 14.1. The molecule has 0 bridgehead atoms. The number of nitrogens with one attached hydrogen (secondary N) is 1. The van der Waals surface area contributed by atoms with Gasteiger partial charge in [-0.15, -0.1) is 0 Å². The third-order valence-corrected chi connectivity index (χ3v) is 4.81. The molecule has 1 aliphatic heterocycles. The van der Waals surface area contributed by atoms with E-state index >= 15 is 0 Å². The Morgan fingerprint density at radius 1 is 1.20 bits per heavy atom. The Morgan fingerprint density at radius 3 is 2.55 bits per heavy atom. The van der Waals surface area contributed by atoms with E-state index in [4.69, 9.17) is 11.6 Å². The molecular formula is C15H23ClN4. The maximum atomic E-state index is 6.23. The van der Waals surface area contributed by atoms with Crippen molar-refractivity contribution in [2.75, 3.05) is 32.0 Å². The second kappa shape index (κ2) is 5.86. The van der Waals surface area contributed by atoms with Gasteiger partial charge in [0.05, 0.1) is 0 Å². The summed E-state index contributed by atoms with van der Waals surface area (Å²) in [6.07, 6.45) is 4.93. The number of hydrogen-bond donors (Lipinski definition) is 1. The molecular weight excluding hydrogens is 272 g/mol. The summed E-state index contributed by atoms with van der Waals surface area (Å²) in [5.74, 6) is 3.14. The van der Waals surface area contributed by atoms with Crippen molar-refractivity contribution in [1.82, 2.24) is 14.9 Å². The van der Waals surface area contributed by atoms with Crippen molar-refractivity contribution in [3.63, 3.8) is 0 Å². The Morgan fingerprint density at radius 2 is 1.90 bits per heavy atom. The highest BCUT2D eigenvalue weighted by molar-refractivity contribution is 6.30. The smallest absolute Gasteiger partial charge is 0.137 e. The van der Waals surface area contributed by atoms with Crippen LogP contribution in [0.25, 0.3) is 0 Å². The summed E-state index contributed by atoms with van der Waals surface area (Å²) in [5.41, 5.74) is 0.976. The monoisotopic (exact) mass is 294 g/mol. The van der Waals surface area contributed by atoms with Crippen LogP contribution in [-0.4, -0.2) is 41.5 Å². The Bertz CT molecular complexity index is 479. The molecule has 2 heterocycles. The lowest BCUT2D eigenvalue weighted by Crippen LogP contribution is -2.33. The van der Waals surface area contributed by atoms with E-state index in [1.807, 2.05) is 6.92 Å². The molecule has 2 fully saturated rings. The summed E-state index contributed by atoms with van der Waals surface area (Å²) in [7, 11) is 2.19. The van der Waals surface area contributed by atoms with Crippen LogP contribution in [0.2, 0.25) is 5.15 Å². The number of hydrogen-bond acceptors (Lipinski definition) is 4. The first-order chi connectivity index (χ1) is 9.63. The molecule has 1 N–H and O–H groups in total. The van der Waals surface area contributed by atoms with Gasteiger partial charge in [-0.05, 0) is 58.7 Å². The maximum absolute atomic E-state index is 6.23. The average Bonchev–Trinajstić information content (AvgIpc) is 3.26. The summed E-state index contributed by atoms with van der Waals surface area (Å²) in [4.78, 5) is 11.5. The van der Waals surface area contributed by atoms with Gasteiger partial charge >= 0.3 is 0 Å². The minimum atomic E-state index is 0.539. The Balaban J connectivity index is 1.64. The van der Waals surface area contributed by atoms with Gasteiger partial charge in [0.25, 0.3) is 0 Å². The molecule has 0 spiro atoms. The number of rotatable bonds is 4. The number of anilines is 1. The van der Waals surface area contributed by atoms with Gasteiger partial charge in [-0.2, -0.15) is 0 Å². The Hall–Kier alpha value is -0.870. The topological polar surface area (TPSA) is 41.1 Å². The molecule has 20 heavy (non-hydrogen) atoms. The molecule has 0 aromatic carbocycles. The minimum absolute atomic E-state index is 0.539. The SMILES string of the molecule is Cc1c(Cl)nc(C2CC2)nc1NCC1CCN(C)CC1. The van der Waals surface area contributed by atoms with Gasteiger partial charge < -0.3 is 10.2 Å². The fourth-order valence-electron chi connectivity index (χ4n) is 2.71. The summed E-state index contributed by atoms with van der Waals surface area (Å²) in [5, 5.41) is 4.11. The van der Waals surface area contributed by atoms with Crippen molar-refractivity contribution in [2.24, 2.45) is 5.92 Å². The first-order valence-electron chi connectivity index (χ1n) is 7.60. The largest absolute Gasteiger partial charge is 0.369 e. The zero-order valence-corrected chi connectivity index (χ0v) is 13.1. The van der Waals surface area contributed by atoms with Gasteiger partial charge in [0.2, 0.25) is 0 Å². The van der Waals surface area contributed by atoms with Crippen LogP contribution in [-0.2, 0) is 0 Å². The molecule has 1 aromatic rings. The van der Waals surface area contributed by atoms with Gasteiger partial charge in [0.1, 0.15) is 16.8 Å². The number of likely N-dealkylation sites (tertiary alicyclic amines) is 1. The third kappa shape index (κ3) is 3.23. The van der Waals surface area contributed by atoms with Gasteiger partial charge in [0.15, 0.2) is 0 Å². The molecule has 2 aliphatic rings. The van der Waals surface area contributed by atoms with Crippen LogP contribution in [0.1, 0.15) is 43.0 Å². The summed E-state index contributed by atoms with van der Waals surface area (Å²) in [6, 6.07) is 0. The molecule has 1 saturated carbocycles. The van der Waals surface area contributed by atoms with Gasteiger partial charge in [0, 0.05) is 18.0 Å². The van der Waals surface area contributed by atoms with Crippen molar-refractivity contribution in [1.29, 1.82) is 0 Å². The maximum Gasteiger partial charge on any atom is 0.137 e. The van der Waals surface area contributed by atoms with Crippen LogP contribution in [0, 0.1) is 12.8 Å². The van der Waals surface area contributed by atoms with E-state index in [2.05, 4.69) is 27.2 Å². The van der Waals surface area contributed by atoms with Crippen molar-refractivity contribution >= 4 is 17.4 Å². The van der Waals surface area contributed by atoms with E-state index in [1.54, 1.807) is 0 Å². The first kappa shape index (κ1) is 14.1. The normalized spacial score (nSPS) is 21.1. The van der Waals surface area contributed by atoms with Crippen LogP contribution in [0.5, 0.6) is 0 Å². The van der Waals surface area contributed by atoms with Crippen molar-refractivity contribution in [2.45, 2.75) is 38.5 Å². The quantitative estimate of drug-likeness (QED) is 0.867. The molecule has 1 aromatic heterocycles. The molecule has 5 heteroatoms. The highest BCUT2D eigenvalue weighted by Gasteiger charge is 2.28. The molecule has 1 saturated heterocycles. The van der Waals surface area contributed by atoms with Crippen molar-refractivity contribution in [3.05, 3.63) is 16.5 Å². The highest BCUT2D eigenvalue weighted by Crippen LogP contribution is 2.39. The van der Waals surface area contributed by atoms with E-state index in [0.717, 1.165) is 29.7 Å². The van der Waals surface area contributed by atoms with E-state index < -0.39 is 0 Å². The average molecular weight is 295 g/mol. The lowest BCUT2D eigenvalue weighted by Gasteiger charge is -2.29. The standard InChI is InChI=1S/C15H23ClN4/c1-10-13(16)18-15(12-3-4-12)19-14(10)17-9-11-5-7-20(2)8-6-11/h11-12H,3-9H2,1-2H3,(H,17,18,19). The Labute approximate surface area is 125 Å². The molecule has 3 rings (SSSR count). The molecule has 0 radical (unpaired) electrons. The molecule has 0 atom stereocenters. The second-order valence-electron chi connectivity index (χ2n) is 6.25. The van der Waals surface area contributed by atoms with Gasteiger partial charge in [-0.25, -0.2) is 9.97 Å². The third-order valence-electron chi connectivity index (χ3n) is 4.44. The lowest BCUT2D eigenvalue weighted by molar-refractivity contribution is 0.226. The zero-order valence-electron chi connectivity index (χ0n) is 12.3. The predicted molar refractivity (Wildman–Crippen MR) is 82.5 cm³/mol. The van der Waals surface area contributed by atoms with Crippen molar-refractivity contribution < 1.29 is 0 Å². The van der Waals surface area contributed by atoms with Crippen LogP contribution in [0.15, 0.2) is 0 Å². The Kier molecular flexibility index (Phi) is 4.13. The van der Waals surface area contributed by atoms with E-state index in [-0.39, 0.29) is 0 Å². The molecule has 1 aliphatic carbocycles. The fourth-order valence-corrected chi connectivity index (χ4v) is 2.89. The highest BCUT2D eigenvalue weighted by atomic mass is 35.5. The summed E-state index contributed by atoms with van der Waals surface area (Å²) < 4.78 is 0. The number of nitrogens with zero attached hydrogens (tertiary/aromatic N) is 3. The summed E-state index contributed by atoms with van der Waals surface area (Å²) >= 11 is 6.23. The van der Waals surface area contributed by atoms with Gasteiger partial charge in [-0.3, -0.25) is 0 Å². The van der Waals surface area contributed by atoms with Crippen LogP contribution in [0.4, 0.5) is 5.82 Å². The summed E-state index contributed by atoms with van der Waals surface area (Å²) in [6.45, 7) is 5.38. The van der Waals surface area contributed by atoms with E-state index in [1.165, 1.54) is 38.8 Å².